The smallest absolute Gasteiger partial charge is 0.143 e. The first-order valence-corrected chi connectivity index (χ1v) is 15.4. The van der Waals surface area contributed by atoms with Crippen LogP contribution in [0.4, 0.5) is 0 Å². The van der Waals surface area contributed by atoms with Crippen LogP contribution < -0.4 is 0 Å². The molecule has 0 aliphatic rings. The Morgan fingerprint density at radius 2 is 0.980 bits per heavy atom. The average molecular weight is 641 g/mol. The van der Waals surface area contributed by atoms with Crippen molar-refractivity contribution in [3.8, 4) is 44.5 Å². The highest BCUT2D eigenvalue weighted by Gasteiger charge is 2.20. The standard InChI is InChI=1S/C48H30O/c1-2-12-31(13-3-1)32-22-24-34(25-23-32)36-15-6-7-17-38(36)47-41-20-10-8-18-39(41)46(40-19-9-11-21-42(40)47)35-27-29-45-44(30-35)43-28-26-33-14-4-5-16-37(33)48(43)49-45/h1-30H/i1D,2D,3D,4D,5D,6D,7D,12D,13D,14D,15D,16D,17D,26D,27D,28D,29D,30D. The quantitative estimate of drug-likeness (QED) is 0.174. The minimum Gasteiger partial charge on any atom is -0.455 e. The molecule has 0 saturated carbocycles. The Labute approximate surface area is 309 Å². The lowest BCUT2D eigenvalue weighted by Gasteiger charge is -2.20. The molecule has 0 aliphatic heterocycles. The zero-order valence-corrected chi connectivity index (χ0v) is 25.3. The molecule has 0 aliphatic carbocycles. The van der Waals surface area contributed by atoms with Gasteiger partial charge in [0.25, 0.3) is 0 Å². The Balaban J connectivity index is 1.30. The van der Waals surface area contributed by atoms with Crippen LogP contribution in [-0.4, -0.2) is 0 Å². The van der Waals surface area contributed by atoms with Gasteiger partial charge in [0.05, 0.1) is 24.7 Å². The summed E-state index contributed by atoms with van der Waals surface area (Å²) in [4.78, 5) is 0. The fraction of sp³-hybridized carbons (Fsp3) is 0. The van der Waals surface area contributed by atoms with Gasteiger partial charge < -0.3 is 4.42 Å². The highest BCUT2D eigenvalue weighted by Crippen LogP contribution is 2.47. The third-order valence-corrected chi connectivity index (χ3v) is 8.77. The summed E-state index contributed by atoms with van der Waals surface area (Å²) in [6, 6.07) is 11.2. The molecular formula is C48H30O. The number of benzene rings is 9. The second kappa shape index (κ2) is 11.1. The lowest BCUT2D eigenvalue weighted by molar-refractivity contribution is 0.672. The highest BCUT2D eigenvalue weighted by atomic mass is 16.3. The van der Waals surface area contributed by atoms with Gasteiger partial charge >= 0.3 is 0 Å². The van der Waals surface area contributed by atoms with Crippen molar-refractivity contribution in [2.75, 3.05) is 0 Å². The van der Waals surface area contributed by atoms with Crippen LogP contribution in [0.25, 0.3) is 98.8 Å². The maximum Gasteiger partial charge on any atom is 0.143 e. The SMILES string of the molecule is [2H]c1c([2H])c([2H])c(-c2ccc(-c3c([2H])c([2H])c([2H])c([2H])c3-c3c4ccccc4c(-c4c([2H])c([2H])c5oc6c7c([2H])c([2H])c([2H])c([2H])c7c([2H])c([2H])c6c5c4[2H])c4ccccc34)cc2)c([2H])c1[2H]. The van der Waals surface area contributed by atoms with Gasteiger partial charge in [0, 0.05) is 16.2 Å². The summed E-state index contributed by atoms with van der Waals surface area (Å²) in [6.45, 7) is 0. The molecule has 0 spiro atoms. The molecule has 1 nitrogen and oxygen atoms in total. The minimum absolute atomic E-state index is 0.0411. The van der Waals surface area contributed by atoms with Crippen molar-refractivity contribution in [3.05, 3.63) is 182 Å². The number of hydrogen-bond acceptors (Lipinski definition) is 1. The molecule has 0 radical (unpaired) electrons. The van der Waals surface area contributed by atoms with Gasteiger partial charge in [0.15, 0.2) is 0 Å². The van der Waals surface area contributed by atoms with E-state index in [4.69, 9.17) is 22.2 Å². The summed E-state index contributed by atoms with van der Waals surface area (Å²) in [6.07, 6.45) is 0. The summed E-state index contributed by atoms with van der Waals surface area (Å²) in [7, 11) is 0. The van der Waals surface area contributed by atoms with Crippen LogP contribution in [0.2, 0.25) is 0 Å². The Hall–Kier alpha value is -6.44. The Kier molecular flexibility index (Phi) is 3.43. The molecule has 0 amide bonds. The van der Waals surface area contributed by atoms with Crippen LogP contribution >= 0.6 is 0 Å². The molecule has 49 heavy (non-hydrogen) atoms. The van der Waals surface area contributed by atoms with Crippen molar-refractivity contribution in [3.63, 3.8) is 0 Å². The predicted octanol–water partition coefficient (Wildman–Crippen LogP) is 13.7. The van der Waals surface area contributed by atoms with Gasteiger partial charge in [-0.05, 0) is 89.6 Å². The first-order chi connectivity index (χ1) is 31.8. The van der Waals surface area contributed by atoms with E-state index in [0.717, 1.165) is 0 Å². The van der Waals surface area contributed by atoms with Crippen molar-refractivity contribution in [2.45, 2.75) is 0 Å². The molecule has 228 valence electrons. The van der Waals surface area contributed by atoms with Crippen LogP contribution in [-0.2, 0) is 0 Å². The predicted molar refractivity (Wildman–Crippen MR) is 208 cm³/mol. The molecule has 1 aromatic heterocycles. The van der Waals surface area contributed by atoms with E-state index in [-0.39, 0.29) is 78.7 Å². The summed E-state index contributed by atoms with van der Waals surface area (Å²) in [5, 5.41) is 1.03. The third-order valence-electron chi connectivity index (χ3n) is 8.77. The van der Waals surface area contributed by atoms with Crippen molar-refractivity contribution < 1.29 is 29.1 Å². The van der Waals surface area contributed by atoms with Crippen molar-refractivity contribution >= 4 is 54.3 Å². The first-order valence-electron chi connectivity index (χ1n) is 24.4. The Morgan fingerprint density at radius 3 is 1.71 bits per heavy atom. The van der Waals surface area contributed by atoms with E-state index in [2.05, 4.69) is 0 Å². The van der Waals surface area contributed by atoms with Gasteiger partial charge in [-0.3, -0.25) is 0 Å². The van der Waals surface area contributed by atoms with Crippen LogP contribution in [0.1, 0.15) is 24.7 Å². The van der Waals surface area contributed by atoms with Crippen molar-refractivity contribution in [2.24, 2.45) is 0 Å². The molecule has 1 heterocycles. The van der Waals surface area contributed by atoms with Crippen LogP contribution in [0.5, 0.6) is 0 Å². The third kappa shape index (κ3) is 4.40. The second-order valence-corrected chi connectivity index (χ2v) is 11.4. The molecule has 0 unspecified atom stereocenters. The van der Waals surface area contributed by atoms with E-state index >= 15 is 0 Å². The monoisotopic (exact) mass is 640 g/mol. The Morgan fingerprint density at radius 1 is 0.367 bits per heavy atom. The maximum atomic E-state index is 9.82. The molecule has 0 N–H and O–H groups in total. The largest absolute Gasteiger partial charge is 0.455 e. The van der Waals surface area contributed by atoms with Gasteiger partial charge in [-0.25, -0.2) is 0 Å². The van der Waals surface area contributed by atoms with E-state index in [1.807, 2.05) is 0 Å². The fourth-order valence-electron chi connectivity index (χ4n) is 6.62. The van der Waals surface area contributed by atoms with Crippen molar-refractivity contribution in [1.29, 1.82) is 0 Å². The number of hydrogen-bond donors (Lipinski definition) is 0. The summed E-state index contributed by atoms with van der Waals surface area (Å²) in [5.74, 6) is 0. The minimum atomic E-state index is -0.607. The van der Waals surface area contributed by atoms with Gasteiger partial charge in [-0.1, -0.05) is 163 Å². The molecule has 10 aromatic rings. The van der Waals surface area contributed by atoms with Crippen molar-refractivity contribution in [1.82, 2.24) is 0 Å². The van der Waals surface area contributed by atoms with E-state index in [1.54, 1.807) is 60.7 Å². The summed E-state index contributed by atoms with van der Waals surface area (Å²) >= 11 is 0. The highest BCUT2D eigenvalue weighted by molar-refractivity contribution is 6.23. The maximum absolute atomic E-state index is 9.82. The van der Waals surface area contributed by atoms with Crippen LogP contribution in [0.3, 0.4) is 0 Å². The number of fused-ring (bicyclic) bond motifs is 7. The topological polar surface area (TPSA) is 13.1 Å². The fourth-order valence-corrected chi connectivity index (χ4v) is 6.62. The van der Waals surface area contributed by atoms with Crippen LogP contribution in [0.15, 0.2) is 186 Å². The normalized spacial score (nSPS) is 16.8. The van der Waals surface area contributed by atoms with Gasteiger partial charge in [-0.15, -0.1) is 0 Å². The summed E-state index contributed by atoms with van der Waals surface area (Å²) < 4.78 is 164. The lowest BCUT2D eigenvalue weighted by atomic mass is 9.83. The molecule has 1 heteroatoms. The lowest BCUT2D eigenvalue weighted by Crippen LogP contribution is -1.92. The molecule has 9 aromatic carbocycles. The van der Waals surface area contributed by atoms with E-state index in [1.165, 1.54) is 12.1 Å². The molecule has 10 rings (SSSR count). The zero-order chi connectivity index (χ0) is 48.0. The molecule has 0 fully saturated rings. The first kappa shape index (κ1) is 15.2. The van der Waals surface area contributed by atoms with Crippen LogP contribution in [0, 0.1) is 0 Å². The molecular weight excluding hydrogens is 593 g/mol. The van der Waals surface area contributed by atoms with E-state index in [0.29, 0.717) is 38.2 Å². The molecule has 0 bridgehead atoms. The van der Waals surface area contributed by atoms with Gasteiger partial charge in [0.2, 0.25) is 0 Å². The number of rotatable bonds is 4. The van der Waals surface area contributed by atoms with Gasteiger partial charge in [0.1, 0.15) is 11.2 Å². The summed E-state index contributed by atoms with van der Waals surface area (Å²) in [5.41, 5.74) is 0.884. The van der Waals surface area contributed by atoms with E-state index in [9.17, 15) is 6.85 Å². The number of furan rings is 1. The van der Waals surface area contributed by atoms with Gasteiger partial charge in [-0.2, -0.15) is 0 Å². The van der Waals surface area contributed by atoms with E-state index < -0.39 is 90.6 Å². The molecule has 0 saturated heterocycles. The average Bonchev–Trinajstić information content (AvgIpc) is 3.74. The zero-order valence-electron chi connectivity index (χ0n) is 43.3. The molecule has 0 atom stereocenters. The second-order valence-electron chi connectivity index (χ2n) is 11.4. The Bertz CT molecular complexity index is 3810.